The average Bonchev–Trinajstić information content (AvgIpc) is 3.26. The van der Waals surface area contributed by atoms with E-state index in [0.29, 0.717) is 13.1 Å². The lowest BCUT2D eigenvalue weighted by molar-refractivity contribution is -0.141. The number of carbonyl (C=O) groups is 2. The van der Waals surface area contributed by atoms with Gasteiger partial charge in [0.05, 0.1) is 18.0 Å². The standard InChI is InChI=1S/C18H16F3N7O2/c1-26-15(11(8-23-26)17(30)27-6-3-7-27)16(29)25-13-9-28(10-22-13)14-5-2-4-12(24-14)18(19,20)21/h2,4-5,8-10H,3,6-7H2,1H3,(H,25,29). The van der Waals surface area contributed by atoms with E-state index >= 15 is 0 Å². The summed E-state index contributed by atoms with van der Waals surface area (Å²) in [6.45, 7) is 1.26. The minimum atomic E-state index is -4.58. The highest BCUT2D eigenvalue weighted by atomic mass is 19.4. The molecule has 1 N–H and O–H groups in total. The molecule has 9 nitrogen and oxygen atoms in total. The molecule has 1 aliphatic rings. The molecule has 2 amide bonds. The molecule has 0 saturated carbocycles. The van der Waals surface area contributed by atoms with Crippen LogP contribution in [0, 0.1) is 0 Å². The van der Waals surface area contributed by atoms with Crippen molar-refractivity contribution in [2.75, 3.05) is 18.4 Å². The summed E-state index contributed by atoms with van der Waals surface area (Å²) < 4.78 is 41.1. The van der Waals surface area contributed by atoms with Crippen LogP contribution in [-0.4, -0.2) is 54.1 Å². The molecule has 0 bridgehead atoms. The van der Waals surface area contributed by atoms with Gasteiger partial charge in [-0.2, -0.15) is 18.3 Å². The first-order valence-electron chi connectivity index (χ1n) is 8.95. The predicted octanol–water partition coefficient (Wildman–Crippen LogP) is 2.12. The van der Waals surface area contributed by atoms with Crippen molar-refractivity contribution in [1.29, 1.82) is 0 Å². The highest BCUT2D eigenvalue weighted by Gasteiger charge is 2.32. The number of nitrogens with one attached hydrogen (secondary N) is 1. The van der Waals surface area contributed by atoms with E-state index in [0.717, 1.165) is 12.5 Å². The molecule has 1 saturated heterocycles. The highest BCUT2D eigenvalue weighted by molar-refractivity contribution is 6.10. The van der Waals surface area contributed by atoms with Crippen molar-refractivity contribution in [3.05, 3.63) is 53.9 Å². The van der Waals surface area contributed by atoms with Crippen LogP contribution in [0.1, 0.15) is 33.0 Å². The number of pyridine rings is 1. The van der Waals surface area contributed by atoms with Gasteiger partial charge in [-0.15, -0.1) is 0 Å². The summed E-state index contributed by atoms with van der Waals surface area (Å²) in [5.41, 5.74) is -0.796. The molecule has 1 fully saturated rings. The van der Waals surface area contributed by atoms with E-state index in [1.807, 2.05) is 0 Å². The summed E-state index contributed by atoms with van der Waals surface area (Å²) in [6.07, 6.45) is 0.225. The number of carbonyl (C=O) groups excluding carboxylic acids is 2. The summed E-state index contributed by atoms with van der Waals surface area (Å²) in [4.78, 5) is 34.4. The van der Waals surface area contributed by atoms with E-state index in [1.54, 1.807) is 4.90 Å². The van der Waals surface area contributed by atoms with Gasteiger partial charge in [0, 0.05) is 20.1 Å². The van der Waals surface area contributed by atoms with Crippen molar-refractivity contribution >= 4 is 17.6 Å². The molecule has 4 rings (SSSR count). The first kappa shape index (κ1) is 19.6. The minimum absolute atomic E-state index is 0.00740. The van der Waals surface area contributed by atoms with Gasteiger partial charge in [0.15, 0.2) is 5.82 Å². The van der Waals surface area contributed by atoms with Crippen molar-refractivity contribution in [3.63, 3.8) is 0 Å². The number of nitrogens with zero attached hydrogens (tertiary/aromatic N) is 6. The van der Waals surface area contributed by atoms with E-state index in [-0.39, 0.29) is 28.8 Å². The van der Waals surface area contributed by atoms with Gasteiger partial charge in [-0.1, -0.05) is 6.07 Å². The first-order chi connectivity index (χ1) is 14.2. The van der Waals surface area contributed by atoms with Crippen LogP contribution in [0.5, 0.6) is 0 Å². The predicted molar refractivity (Wildman–Crippen MR) is 98.0 cm³/mol. The summed E-state index contributed by atoms with van der Waals surface area (Å²) >= 11 is 0. The van der Waals surface area contributed by atoms with Crippen LogP contribution in [-0.2, 0) is 13.2 Å². The average molecular weight is 419 g/mol. The van der Waals surface area contributed by atoms with Crippen LogP contribution in [0.3, 0.4) is 0 Å². The van der Waals surface area contributed by atoms with E-state index in [2.05, 4.69) is 20.4 Å². The Balaban J connectivity index is 1.54. The quantitative estimate of drug-likeness (QED) is 0.699. The van der Waals surface area contributed by atoms with Gasteiger partial charge in [-0.3, -0.25) is 18.8 Å². The highest BCUT2D eigenvalue weighted by Crippen LogP contribution is 2.28. The topological polar surface area (TPSA) is 97.9 Å². The lowest BCUT2D eigenvalue weighted by Gasteiger charge is -2.30. The summed E-state index contributed by atoms with van der Waals surface area (Å²) in [5.74, 6) is -0.811. The Kier molecular flexibility index (Phi) is 4.76. The van der Waals surface area contributed by atoms with Gasteiger partial charge in [0.2, 0.25) is 0 Å². The molecule has 0 atom stereocenters. The zero-order valence-corrected chi connectivity index (χ0v) is 15.7. The van der Waals surface area contributed by atoms with Crippen LogP contribution in [0.25, 0.3) is 5.82 Å². The molecule has 0 unspecified atom stereocenters. The Bertz CT molecular complexity index is 1120. The fourth-order valence-electron chi connectivity index (χ4n) is 2.97. The van der Waals surface area contributed by atoms with Gasteiger partial charge in [0.1, 0.15) is 23.5 Å². The molecule has 30 heavy (non-hydrogen) atoms. The zero-order chi connectivity index (χ0) is 21.5. The lowest BCUT2D eigenvalue weighted by atomic mass is 10.1. The van der Waals surface area contributed by atoms with E-state index in [1.165, 1.54) is 47.2 Å². The van der Waals surface area contributed by atoms with Gasteiger partial charge in [-0.25, -0.2) is 9.97 Å². The number of likely N-dealkylation sites (tertiary alicyclic amines) is 1. The monoisotopic (exact) mass is 419 g/mol. The number of halogens is 3. The molecule has 0 aliphatic carbocycles. The van der Waals surface area contributed by atoms with Crippen molar-refractivity contribution in [3.8, 4) is 5.82 Å². The second-order valence-electron chi connectivity index (χ2n) is 6.68. The third-order valence-electron chi connectivity index (χ3n) is 4.64. The summed E-state index contributed by atoms with van der Waals surface area (Å²) in [7, 11) is 1.53. The molecular formula is C18H16F3N7O2. The third-order valence-corrected chi connectivity index (χ3v) is 4.64. The number of imidazole rings is 1. The SMILES string of the molecule is Cn1ncc(C(=O)N2CCC2)c1C(=O)Nc1cn(-c2cccc(C(F)(F)F)n2)cn1. The fraction of sp³-hybridized carbons (Fsp3) is 0.278. The van der Waals surface area contributed by atoms with Gasteiger partial charge < -0.3 is 10.2 Å². The van der Waals surface area contributed by atoms with Crippen LogP contribution in [0.4, 0.5) is 19.0 Å². The van der Waals surface area contributed by atoms with E-state index in [4.69, 9.17) is 0 Å². The van der Waals surface area contributed by atoms with Crippen molar-refractivity contribution in [2.45, 2.75) is 12.6 Å². The van der Waals surface area contributed by atoms with Crippen molar-refractivity contribution in [1.82, 2.24) is 29.2 Å². The molecule has 0 spiro atoms. The fourth-order valence-corrected chi connectivity index (χ4v) is 2.97. The van der Waals surface area contributed by atoms with Gasteiger partial charge in [-0.05, 0) is 18.6 Å². The smallest absolute Gasteiger partial charge is 0.338 e. The maximum atomic E-state index is 12.9. The first-order valence-corrected chi connectivity index (χ1v) is 8.95. The number of rotatable bonds is 4. The van der Waals surface area contributed by atoms with E-state index in [9.17, 15) is 22.8 Å². The summed E-state index contributed by atoms with van der Waals surface area (Å²) in [6, 6.07) is 3.47. The van der Waals surface area contributed by atoms with Crippen LogP contribution in [0.15, 0.2) is 36.9 Å². The summed E-state index contributed by atoms with van der Waals surface area (Å²) in [5, 5.41) is 6.53. The number of aromatic nitrogens is 5. The molecule has 0 aromatic carbocycles. The largest absolute Gasteiger partial charge is 0.433 e. The number of aryl methyl sites for hydroxylation is 1. The van der Waals surface area contributed by atoms with Crippen molar-refractivity contribution < 1.29 is 22.8 Å². The van der Waals surface area contributed by atoms with Crippen LogP contribution in [0.2, 0.25) is 0 Å². The number of hydrogen-bond donors (Lipinski definition) is 1. The second kappa shape index (κ2) is 7.28. The van der Waals surface area contributed by atoms with Crippen LogP contribution >= 0.6 is 0 Å². The molecule has 0 radical (unpaired) electrons. The number of hydrogen-bond acceptors (Lipinski definition) is 5. The third kappa shape index (κ3) is 3.63. The molecule has 3 aromatic rings. The second-order valence-corrected chi connectivity index (χ2v) is 6.68. The Morgan fingerprint density at radius 3 is 2.63 bits per heavy atom. The Morgan fingerprint density at radius 2 is 1.97 bits per heavy atom. The van der Waals surface area contributed by atoms with Crippen molar-refractivity contribution in [2.24, 2.45) is 7.05 Å². The Labute approximate surface area is 168 Å². The maximum absolute atomic E-state index is 12.9. The molecule has 156 valence electrons. The van der Waals surface area contributed by atoms with Crippen LogP contribution < -0.4 is 5.32 Å². The molecule has 4 heterocycles. The van der Waals surface area contributed by atoms with Gasteiger partial charge >= 0.3 is 6.18 Å². The molecule has 12 heteroatoms. The zero-order valence-electron chi connectivity index (χ0n) is 15.7. The van der Waals surface area contributed by atoms with Gasteiger partial charge in [0.25, 0.3) is 11.8 Å². The van der Waals surface area contributed by atoms with E-state index < -0.39 is 17.8 Å². The molecule has 1 aliphatic heterocycles. The normalized spacial score (nSPS) is 13.8. The molecule has 3 aromatic heterocycles. The Hall–Kier alpha value is -3.70. The minimum Gasteiger partial charge on any atom is -0.338 e. The molecular weight excluding hydrogens is 403 g/mol. The Morgan fingerprint density at radius 1 is 1.20 bits per heavy atom. The number of anilines is 1. The number of alkyl halides is 3. The lowest BCUT2D eigenvalue weighted by Crippen LogP contribution is -2.42. The number of amides is 2. The maximum Gasteiger partial charge on any atom is 0.433 e.